The van der Waals surface area contributed by atoms with Gasteiger partial charge in [0.2, 0.25) is 0 Å². The summed E-state index contributed by atoms with van der Waals surface area (Å²) in [6, 6.07) is 10.8. The van der Waals surface area contributed by atoms with Crippen LogP contribution in [-0.4, -0.2) is 12.9 Å². The SMILES string of the molecule is COc1ccccc1C(=O)C(C#N)c1cc(F)cc(F)c1. The third kappa shape index (κ3) is 3.06. The number of nitrogens with zero attached hydrogens (tertiary/aromatic N) is 1. The molecule has 0 bridgehead atoms. The van der Waals surface area contributed by atoms with Gasteiger partial charge < -0.3 is 4.74 Å². The standard InChI is InChI=1S/C16H11F2NO2/c1-21-15-5-3-2-4-13(15)16(20)14(9-19)10-6-11(17)8-12(18)7-10/h2-8,14H,1H3. The van der Waals surface area contributed by atoms with Crippen molar-refractivity contribution in [1.82, 2.24) is 0 Å². The predicted octanol–water partition coefficient (Wildman–Crippen LogP) is 3.46. The van der Waals surface area contributed by atoms with E-state index < -0.39 is 23.3 Å². The lowest BCUT2D eigenvalue weighted by molar-refractivity contribution is 0.0976. The summed E-state index contributed by atoms with van der Waals surface area (Å²) in [5.74, 6) is -3.23. The van der Waals surface area contributed by atoms with Crippen molar-refractivity contribution in [2.45, 2.75) is 5.92 Å². The van der Waals surface area contributed by atoms with Crippen LogP contribution >= 0.6 is 0 Å². The fourth-order valence-electron chi connectivity index (χ4n) is 2.03. The number of hydrogen-bond acceptors (Lipinski definition) is 3. The zero-order valence-electron chi connectivity index (χ0n) is 11.1. The van der Waals surface area contributed by atoms with E-state index in [2.05, 4.69) is 0 Å². The fraction of sp³-hybridized carbons (Fsp3) is 0.125. The monoisotopic (exact) mass is 287 g/mol. The molecule has 3 nitrogen and oxygen atoms in total. The molecule has 106 valence electrons. The van der Waals surface area contributed by atoms with Crippen molar-refractivity contribution >= 4 is 5.78 Å². The third-order valence-electron chi connectivity index (χ3n) is 2.98. The average molecular weight is 287 g/mol. The van der Waals surface area contributed by atoms with Crippen LogP contribution < -0.4 is 4.74 Å². The number of nitriles is 1. The van der Waals surface area contributed by atoms with Gasteiger partial charge in [0, 0.05) is 6.07 Å². The molecule has 0 saturated heterocycles. The molecule has 0 aliphatic carbocycles. The van der Waals surface area contributed by atoms with Gasteiger partial charge >= 0.3 is 0 Å². The second-order valence-corrected chi connectivity index (χ2v) is 4.33. The number of ether oxygens (including phenoxy) is 1. The third-order valence-corrected chi connectivity index (χ3v) is 2.98. The van der Waals surface area contributed by atoms with Crippen molar-refractivity contribution in [3.63, 3.8) is 0 Å². The minimum atomic E-state index is -1.30. The second kappa shape index (κ2) is 6.14. The van der Waals surface area contributed by atoms with E-state index in [0.29, 0.717) is 11.8 Å². The Labute approximate surface area is 120 Å². The summed E-state index contributed by atoms with van der Waals surface area (Å²) in [6.45, 7) is 0. The van der Waals surface area contributed by atoms with Crippen molar-refractivity contribution in [2.75, 3.05) is 7.11 Å². The van der Waals surface area contributed by atoms with Crippen LogP contribution in [0, 0.1) is 23.0 Å². The van der Waals surface area contributed by atoms with Crippen LogP contribution in [0.25, 0.3) is 0 Å². The zero-order chi connectivity index (χ0) is 15.4. The zero-order valence-corrected chi connectivity index (χ0v) is 11.1. The van der Waals surface area contributed by atoms with Gasteiger partial charge in [0.25, 0.3) is 0 Å². The quantitative estimate of drug-likeness (QED) is 0.809. The molecule has 1 unspecified atom stereocenters. The highest BCUT2D eigenvalue weighted by atomic mass is 19.1. The molecule has 0 aliphatic heterocycles. The molecule has 21 heavy (non-hydrogen) atoms. The highest BCUT2D eigenvalue weighted by Crippen LogP contribution is 2.27. The number of para-hydroxylation sites is 1. The van der Waals surface area contributed by atoms with Crippen LogP contribution in [0.1, 0.15) is 21.8 Å². The Balaban J connectivity index is 2.46. The number of carbonyl (C=O) groups excluding carboxylic acids is 1. The van der Waals surface area contributed by atoms with Gasteiger partial charge in [0.15, 0.2) is 5.78 Å². The van der Waals surface area contributed by atoms with Gasteiger partial charge in [0.05, 0.1) is 18.7 Å². The van der Waals surface area contributed by atoms with Gasteiger partial charge in [0.1, 0.15) is 23.3 Å². The molecule has 0 spiro atoms. The summed E-state index contributed by atoms with van der Waals surface area (Å²) in [4.78, 5) is 12.4. The molecule has 0 N–H and O–H groups in total. The van der Waals surface area contributed by atoms with Crippen LogP contribution in [0.3, 0.4) is 0 Å². The van der Waals surface area contributed by atoms with Crippen molar-refractivity contribution in [3.05, 3.63) is 65.2 Å². The maximum Gasteiger partial charge on any atom is 0.188 e. The van der Waals surface area contributed by atoms with Crippen LogP contribution in [-0.2, 0) is 0 Å². The Morgan fingerprint density at radius 1 is 1.19 bits per heavy atom. The van der Waals surface area contributed by atoms with E-state index in [1.165, 1.54) is 13.2 Å². The summed E-state index contributed by atoms with van der Waals surface area (Å²) in [6.07, 6.45) is 0. The first kappa shape index (κ1) is 14.7. The van der Waals surface area contributed by atoms with E-state index in [9.17, 15) is 18.8 Å². The molecule has 5 heteroatoms. The number of halogens is 2. The largest absolute Gasteiger partial charge is 0.496 e. The maximum absolute atomic E-state index is 13.3. The molecule has 2 aromatic carbocycles. The number of benzene rings is 2. The lowest BCUT2D eigenvalue weighted by Crippen LogP contribution is -2.13. The van der Waals surface area contributed by atoms with Gasteiger partial charge in [-0.25, -0.2) is 8.78 Å². The normalized spacial score (nSPS) is 11.5. The van der Waals surface area contributed by atoms with E-state index in [1.807, 2.05) is 0 Å². The molecule has 0 aliphatic rings. The van der Waals surface area contributed by atoms with E-state index in [1.54, 1.807) is 24.3 Å². The number of rotatable bonds is 4. The molecule has 1 atom stereocenters. The minimum absolute atomic E-state index is 0.0223. The number of hydrogen-bond donors (Lipinski definition) is 0. The summed E-state index contributed by atoms with van der Waals surface area (Å²) in [5, 5.41) is 9.20. The molecule has 2 aromatic rings. The van der Waals surface area contributed by atoms with Crippen LogP contribution in [0.2, 0.25) is 0 Å². The Bertz CT molecular complexity index is 702. The van der Waals surface area contributed by atoms with Crippen molar-refractivity contribution in [3.8, 4) is 11.8 Å². The van der Waals surface area contributed by atoms with E-state index in [4.69, 9.17) is 4.74 Å². The van der Waals surface area contributed by atoms with Crippen LogP contribution in [0.15, 0.2) is 42.5 Å². The highest BCUT2D eigenvalue weighted by molar-refractivity contribution is 6.04. The summed E-state index contributed by atoms with van der Waals surface area (Å²) in [7, 11) is 1.40. The number of methoxy groups -OCH3 is 1. The first-order valence-electron chi connectivity index (χ1n) is 6.09. The Kier molecular flexibility index (Phi) is 4.29. The number of Topliss-reactive ketones (excluding diaryl/α,β-unsaturated/α-hetero) is 1. The first-order valence-corrected chi connectivity index (χ1v) is 6.09. The number of ketones is 1. The molecule has 0 amide bonds. The van der Waals surface area contributed by atoms with Gasteiger partial charge in [-0.2, -0.15) is 5.26 Å². The maximum atomic E-state index is 13.3. The molecular formula is C16H11F2NO2. The van der Waals surface area contributed by atoms with Crippen LogP contribution in [0.4, 0.5) is 8.78 Å². The summed E-state index contributed by atoms with van der Waals surface area (Å²) < 4.78 is 31.6. The molecule has 0 aromatic heterocycles. The average Bonchev–Trinajstić information content (AvgIpc) is 2.46. The van der Waals surface area contributed by atoms with Crippen molar-refractivity contribution in [1.29, 1.82) is 5.26 Å². The predicted molar refractivity (Wildman–Crippen MR) is 72.0 cm³/mol. The highest BCUT2D eigenvalue weighted by Gasteiger charge is 2.25. The lowest BCUT2D eigenvalue weighted by Gasteiger charge is -2.12. The van der Waals surface area contributed by atoms with Gasteiger partial charge in [-0.3, -0.25) is 4.79 Å². The first-order chi connectivity index (χ1) is 10.1. The Hall–Kier alpha value is -2.74. The topological polar surface area (TPSA) is 50.1 Å². The van der Waals surface area contributed by atoms with E-state index in [0.717, 1.165) is 12.1 Å². The van der Waals surface area contributed by atoms with E-state index >= 15 is 0 Å². The molecular weight excluding hydrogens is 276 g/mol. The van der Waals surface area contributed by atoms with Crippen molar-refractivity contribution < 1.29 is 18.3 Å². The Morgan fingerprint density at radius 2 is 1.81 bits per heavy atom. The van der Waals surface area contributed by atoms with Gasteiger partial charge in [-0.05, 0) is 29.8 Å². The van der Waals surface area contributed by atoms with Crippen molar-refractivity contribution in [2.24, 2.45) is 0 Å². The molecule has 0 radical (unpaired) electrons. The summed E-state index contributed by atoms with van der Waals surface area (Å²) >= 11 is 0. The fourth-order valence-corrected chi connectivity index (χ4v) is 2.03. The number of carbonyl (C=O) groups is 1. The Morgan fingerprint density at radius 3 is 2.38 bits per heavy atom. The van der Waals surface area contributed by atoms with Crippen LogP contribution in [0.5, 0.6) is 5.75 Å². The molecule has 0 heterocycles. The smallest absolute Gasteiger partial charge is 0.188 e. The summed E-state index contributed by atoms with van der Waals surface area (Å²) in [5.41, 5.74) is 0.169. The lowest BCUT2D eigenvalue weighted by atomic mass is 9.91. The van der Waals surface area contributed by atoms with Gasteiger partial charge in [-0.1, -0.05) is 12.1 Å². The minimum Gasteiger partial charge on any atom is -0.496 e. The molecule has 0 fully saturated rings. The molecule has 0 saturated carbocycles. The molecule has 2 rings (SSSR count). The van der Waals surface area contributed by atoms with Gasteiger partial charge in [-0.15, -0.1) is 0 Å². The van der Waals surface area contributed by atoms with E-state index in [-0.39, 0.29) is 11.1 Å². The second-order valence-electron chi connectivity index (χ2n) is 4.33.